The summed E-state index contributed by atoms with van der Waals surface area (Å²) in [4.78, 5) is 10.9. The molecule has 3 unspecified atom stereocenters. The highest BCUT2D eigenvalue weighted by molar-refractivity contribution is 7.86. The number of fused-ring (bicyclic) bond motifs is 3. The van der Waals surface area contributed by atoms with Gasteiger partial charge in [0.1, 0.15) is 6.10 Å². The van der Waals surface area contributed by atoms with Gasteiger partial charge in [0.25, 0.3) is 10.1 Å². The first-order chi connectivity index (χ1) is 13.0. The lowest BCUT2D eigenvalue weighted by molar-refractivity contribution is -0.139. The summed E-state index contributed by atoms with van der Waals surface area (Å²) in [5, 5.41) is 8.81. The summed E-state index contributed by atoms with van der Waals surface area (Å²) in [5.74, 6) is -0.513. The Balaban J connectivity index is 1.59. The van der Waals surface area contributed by atoms with E-state index in [1.165, 1.54) is 12.1 Å². The average molecular weight is 390 g/mol. The number of aliphatic carboxylic acids is 1. The SMILES string of the molecule is O=C(O)COc1cccc2c1OC1CCC(OS(=O)(=O)c3ccccc3)C21. The molecule has 0 radical (unpaired) electrons. The first kappa shape index (κ1) is 17.8. The molecule has 0 amide bonds. The van der Waals surface area contributed by atoms with E-state index in [-0.39, 0.29) is 16.9 Å². The molecule has 27 heavy (non-hydrogen) atoms. The molecule has 1 fully saturated rings. The van der Waals surface area contributed by atoms with Crippen LogP contribution < -0.4 is 9.47 Å². The van der Waals surface area contributed by atoms with Crippen LogP contribution in [0, 0.1) is 0 Å². The minimum absolute atomic E-state index is 0.117. The number of hydrogen-bond acceptors (Lipinski definition) is 6. The molecule has 2 aromatic carbocycles. The topological polar surface area (TPSA) is 99.1 Å². The molecule has 8 heteroatoms. The Bertz CT molecular complexity index is 955. The van der Waals surface area contributed by atoms with Crippen molar-refractivity contribution in [2.45, 2.75) is 35.9 Å². The summed E-state index contributed by atoms with van der Waals surface area (Å²) < 4.78 is 42.0. The van der Waals surface area contributed by atoms with E-state index < -0.39 is 28.8 Å². The molecule has 1 aliphatic heterocycles. The Morgan fingerprint density at radius 1 is 1.11 bits per heavy atom. The summed E-state index contributed by atoms with van der Waals surface area (Å²) >= 11 is 0. The normalized spacial score (nSPS) is 23.3. The second kappa shape index (κ2) is 6.86. The Labute approximate surface area is 156 Å². The van der Waals surface area contributed by atoms with Crippen molar-refractivity contribution in [3.63, 3.8) is 0 Å². The highest BCUT2D eigenvalue weighted by Gasteiger charge is 2.48. The van der Waals surface area contributed by atoms with Crippen molar-refractivity contribution in [1.82, 2.24) is 0 Å². The van der Waals surface area contributed by atoms with Crippen LogP contribution in [0.4, 0.5) is 0 Å². The molecular weight excluding hydrogens is 372 g/mol. The second-order valence-electron chi connectivity index (χ2n) is 6.52. The van der Waals surface area contributed by atoms with Crippen LogP contribution in [-0.4, -0.2) is 38.3 Å². The van der Waals surface area contributed by atoms with Crippen LogP contribution in [0.2, 0.25) is 0 Å². The predicted molar refractivity (Wildman–Crippen MR) is 94.5 cm³/mol. The molecule has 0 bridgehead atoms. The monoisotopic (exact) mass is 390 g/mol. The minimum atomic E-state index is -3.88. The molecule has 4 rings (SSSR count). The molecule has 2 aliphatic rings. The molecule has 3 atom stereocenters. The number of benzene rings is 2. The van der Waals surface area contributed by atoms with E-state index in [1.54, 1.807) is 30.3 Å². The van der Waals surface area contributed by atoms with Gasteiger partial charge in [-0.1, -0.05) is 30.3 Å². The van der Waals surface area contributed by atoms with Gasteiger partial charge >= 0.3 is 5.97 Å². The van der Waals surface area contributed by atoms with E-state index in [9.17, 15) is 13.2 Å². The molecule has 1 aliphatic carbocycles. The Hall–Kier alpha value is -2.58. The smallest absolute Gasteiger partial charge is 0.341 e. The molecule has 0 aromatic heterocycles. The first-order valence-electron chi connectivity index (χ1n) is 8.58. The van der Waals surface area contributed by atoms with Crippen molar-refractivity contribution in [2.24, 2.45) is 0 Å². The number of rotatable bonds is 6. The molecule has 2 aromatic rings. The van der Waals surface area contributed by atoms with Crippen molar-refractivity contribution in [2.75, 3.05) is 6.61 Å². The minimum Gasteiger partial charge on any atom is -0.485 e. The van der Waals surface area contributed by atoms with Gasteiger partial charge in [-0.3, -0.25) is 4.18 Å². The van der Waals surface area contributed by atoms with Crippen LogP contribution in [0.1, 0.15) is 24.3 Å². The van der Waals surface area contributed by atoms with E-state index in [2.05, 4.69) is 0 Å². The maximum Gasteiger partial charge on any atom is 0.341 e. The molecule has 1 N–H and O–H groups in total. The Morgan fingerprint density at radius 3 is 2.63 bits per heavy atom. The predicted octanol–water partition coefficient (Wildman–Crippen LogP) is 2.56. The quantitative estimate of drug-likeness (QED) is 0.757. The standard InChI is InChI=1S/C19H18O7S/c20-17(21)11-24-16-8-4-7-13-18-14(25-19(13)16)9-10-15(18)26-27(22,23)12-5-2-1-3-6-12/h1-8,14-15,18H,9-11H2,(H,20,21). The van der Waals surface area contributed by atoms with E-state index >= 15 is 0 Å². The number of para-hydroxylation sites is 1. The zero-order valence-corrected chi connectivity index (χ0v) is 15.1. The van der Waals surface area contributed by atoms with Gasteiger partial charge in [-0.2, -0.15) is 8.42 Å². The van der Waals surface area contributed by atoms with Crippen LogP contribution in [0.15, 0.2) is 53.4 Å². The van der Waals surface area contributed by atoms with E-state index in [4.69, 9.17) is 18.8 Å². The molecule has 0 saturated heterocycles. The summed E-state index contributed by atoms with van der Waals surface area (Å²) in [6.45, 7) is -0.475. The lowest BCUT2D eigenvalue weighted by Crippen LogP contribution is -2.24. The summed E-state index contributed by atoms with van der Waals surface area (Å²) in [7, 11) is -3.88. The molecule has 7 nitrogen and oxygen atoms in total. The summed E-state index contributed by atoms with van der Waals surface area (Å²) in [6.07, 6.45) is 0.440. The highest BCUT2D eigenvalue weighted by atomic mass is 32.2. The first-order valence-corrected chi connectivity index (χ1v) is 9.99. The zero-order valence-electron chi connectivity index (χ0n) is 14.3. The van der Waals surface area contributed by atoms with Crippen molar-refractivity contribution in [3.05, 3.63) is 54.1 Å². The van der Waals surface area contributed by atoms with Gasteiger partial charge in [0.15, 0.2) is 18.1 Å². The molecule has 1 heterocycles. The molecular formula is C19H18O7S. The lowest BCUT2D eigenvalue weighted by Gasteiger charge is -2.18. The summed E-state index contributed by atoms with van der Waals surface area (Å²) in [6, 6.07) is 13.2. The van der Waals surface area contributed by atoms with Crippen LogP contribution in [0.5, 0.6) is 11.5 Å². The van der Waals surface area contributed by atoms with E-state index in [1.807, 2.05) is 6.07 Å². The van der Waals surface area contributed by atoms with Crippen molar-refractivity contribution >= 4 is 16.1 Å². The van der Waals surface area contributed by atoms with Crippen LogP contribution in [-0.2, 0) is 19.1 Å². The second-order valence-corrected chi connectivity index (χ2v) is 8.09. The van der Waals surface area contributed by atoms with Gasteiger partial charge in [0.2, 0.25) is 0 Å². The van der Waals surface area contributed by atoms with E-state index in [0.717, 1.165) is 5.56 Å². The van der Waals surface area contributed by atoms with Crippen molar-refractivity contribution in [1.29, 1.82) is 0 Å². The number of carbonyl (C=O) groups is 1. The van der Waals surface area contributed by atoms with Gasteiger partial charge in [0, 0.05) is 5.56 Å². The molecule has 0 spiro atoms. The van der Waals surface area contributed by atoms with Crippen molar-refractivity contribution < 1.29 is 32.0 Å². The van der Waals surface area contributed by atoms with Crippen LogP contribution in [0.3, 0.4) is 0 Å². The molecule has 142 valence electrons. The number of hydrogen-bond donors (Lipinski definition) is 1. The van der Waals surface area contributed by atoms with Gasteiger partial charge in [-0.15, -0.1) is 0 Å². The fourth-order valence-electron chi connectivity index (χ4n) is 3.70. The third-order valence-corrected chi connectivity index (χ3v) is 6.16. The highest BCUT2D eigenvalue weighted by Crippen LogP contribution is 2.52. The maximum absolute atomic E-state index is 12.6. The number of ether oxygens (including phenoxy) is 2. The lowest BCUT2D eigenvalue weighted by atomic mass is 9.95. The van der Waals surface area contributed by atoms with Crippen LogP contribution in [0.25, 0.3) is 0 Å². The number of carboxylic acids is 1. The Morgan fingerprint density at radius 2 is 1.89 bits per heavy atom. The van der Waals surface area contributed by atoms with Gasteiger partial charge in [-0.25, -0.2) is 4.79 Å². The maximum atomic E-state index is 12.6. The Kier molecular flexibility index (Phi) is 4.53. The van der Waals surface area contributed by atoms with E-state index in [0.29, 0.717) is 24.3 Å². The summed E-state index contributed by atoms with van der Waals surface area (Å²) in [5.41, 5.74) is 0.786. The van der Waals surface area contributed by atoms with Gasteiger partial charge in [-0.05, 0) is 31.0 Å². The zero-order chi connectivity index (χ0) is 19.0. The van der Waals surface area contributed by atoms with Crippen LogP contribution >= 0.6 is 0 Å². The number of carboxylic acid groups (broad SMARTS) is 1. The third kappa shape index (κ3) is 3.38. The average Bonchev–Trinajstić information content (AvgIpc) is 3.20. The third-order valence-electron chi connectivity index (χ3n) is 4.81. The fraction of sp³-hybridized carbons (Fsp3) is 0.316. The molecule has 1 saturated carbocycles. The largest absolute Gasteiger partial charge is 0.485 e. The van der Waals surface area contributed by atoms with Gasteiger partial charge < -0.3 is 14.6 Å². The van der Waals surface area contributed by atoms with Crippen molar-refractivity contribution in [3.8, 4) is 11.5 Å². The fourth-order valence-corrected chi connectivity index (χ4v) is 4.84. The van der Waals surface area contributed by atoms with Gasteiger partial charge in [0.05, 0.1) is 16.9 Å².